The largest absolute Gasteiger partial charge is 0.399 e. The van der Waals surface area contributed by atoms with Crippen LogP contribution in [0, 0.1) is 0 Å². The van der Waals surface area contributed by atoms with E-state index < -0.39 is 0 Å². The van der Waals surface area contributed by atoms with Crippen molar-refractivity contribution in [2.45, 2.75) is 6.42 Å². The molecule has 2 rings (SSSR count). The van der Waals surface area contributed by atoms with Crippen molar-refractivity contribution in [2.24, 2.45) is 0 Å². The maximum Gasteiger partial charge on any atom is 0.0594 e. The minimum absolute atomic E-state index is 0.778. The third-order valence-electron chi connectivity index (χ3n) is 3.06. The fraction of sp³-hybridized carbons (Fsp3) is 0.538. The van der Waals surface area contributed by atoms with Crippen LogP contribution < -0.4 is 11.1 Å². The highest BCUT2D eigenvalue weighted by Crippen LogP contribution is 2.24. The minimum atomic E-state index is 0.778. The summed E-state index contributed by atoms with van der Waals surface area (Å²) in [6.45, 7) is 5.97. The molecule has 100 valence electrons. The summed E-state index contributed by atoms with van der Waals surface area (Å²) in [7, 11) is 0. The van der Waals surface area contributed by atoms with Gasteiger partial charge in [0.1, 0.15) is 0 Å². The van der Waals surface area contributed by atoms with Crippen LogP contribution in [-0.4, -0.2) is 44.3 Å². The second kappa shape index (κ2) is 6.97. The van der Waals surface area contributed by atoms with Crippen LogP contribution in [0.15, 0.2) is 22.7 Å². The Hall–Kier alpha value is -0.780. The molecule has 5 heteroatoms. The number of nitrogens with zero attached hydrogens (tertiary/aromatic N) is 1. The predicted octanol–water partition coefficient (Wildman–Crippen LogP) is 2.17. The summed E-state index contributed by atoms with van der Waals surface area (Å²) in [4.78, 5) is 2.45. The quantitative estimate of drug-likeness (QED) is 0.646. The second-order valence-electron chi connectivity index (χ2n) is 4.47. The van der Waals surface area contributed by atoms with Crippen LogP contribution in [0.4, 0.5) is 11.4 Å². The molecule has 1 aromatic rings. The standard InChI is InChI=1S/C13H20BrN3O/c14-12-10-11(15)2-3-13(12)16-4-1-5-17-6-8-18-9-7-17/h2-3,10,16H,1,4-9,15H2. The van der Waals surface area contributed by atoms with E-state index >= 15 is 0 Å². The Kier molecular flexibility index (Phi) is 5.28. The predicted molar refractivity (Wildman–Crippen MR) is 78.9 cm³/mol. The topological polar surface area (TPSA) is 50.5 Å². The number of ether oxygens (including phenoxy) is 1. The van der Waals surface area contributed by atoms with Crippen molar-refractivity contribution < 1.29 is 4.74 Å². The molecule has 1 aliphatic heterocycles. The van der Waals surface area contributed by atoms with Gasteiger partial charge in [-0.2, -0.15) is 0 Å². The van der Waals surface area contributed by atoms with E-state index in [0.29, 0.717) is 0 Å². The fourth-order valence-electron chi connectivity index (χ4n) is 2.03. The lowest BCUT2D eigenvalue weighted by atomic mass is 10.2. The number of anilines is 2. The number of nitrogens with two attached hydrogens (primary N) is 1. The molecule has 0 aliphatic carbocycles. The number of rotatable bonds is 5. The Labute approximate surface area is 117 Å². The molecule has 1 aliphatic rings. The molecule has 0 aromatic heterocycles. The SMILES string of the molecule is Nc1ccc(NCCCN2CCOCC2)c(Br)c1. The molecule has 3 N–H and O–H groups in total. The van der Waals surface area contributed by atoms with Gasteiger partial charge in [-0.3, -0.25) is 4.90 Å². The van der Waals surface area contributed by atoms with Crippen molar-refractivity contribution in [3.8, 4) is 0 Å². The molecule has 0 unspecified atom stereocenters. The van der Waals surface area contributed by atoms with Crippen molar-refractivity contribution in [3.05, 3.63) is 22.7 Å². The van der Waals surface area contributed by atoms with Gasteiger partial charge < -0.3 is 15.8 Å². The molecular weight excluding hydrogens is 294 g/mol. The monoisotopic (exact) mass is 313 g/mol. The Balaban J connectivity index is 1.68. The fourth-order valence-corrected chi connectivity index (χ4v) is 2.56. The van der Waals surface area contributed by atoms with Gasteiger partial charge in [-0.15, -0.1) is 0 Å². The van der Waals surface area contributed by atoms with Gasteiger partial charge in [0.15, 0.2) is 0 Å². The van der Waals surface area contributed by atoms with Gasteiger partial charge in [-0.25, -0.2) is 0 Å². The zero-order valence-corrected chi connectivity index (χ0v) is 12.1. The first-order valence-electron chi connectivity index (χ1n) is 6.35. The van der Waals surface area contributed by atoms with Gasteiger partial charge in [0.2, 0.25) is 0 Å². The molecule has 0 atom stereocenters. The highest BCUT2D eigenvalue weighted by Gasteiger charge is 2.09. The Morgan fingerprint density at radius 2 is 2.11 bits per heavy atom. The first kappa shape index (κ1) is 13.6. The molecule has 1 aromatic carbocycles. The number of hydrogen-bond donors (Lipinski definition) is 2. The van der Waals surface area contributed by atoms with Crippen molar-refractivity contribution in [3.63, 3.8) is 0 Å². The lowest BCUT2D eigenvalue weighted by Crippen LogP contribution is -2.37. The van der Waals surface area contributed by atoms with Crippen LogP contribution in [0.25, 0.3) is 0 Å². The number of hydrogen-bond acceptors (Lipinski definition) is 4. The summed E-state index contributed by atoms with van der Waals surface area (Å²) in [6, 6.07) is 5.84. The maximum absolute atomic E-state index is 5.70. The van der Waals surface area contributed by atoms with Crippen molar-refractivity contribution in [2.75, 3.05) is 50.4 Å². The number of morpholine rings is 1. The van der Waals surface area contributed by atoms with E-state index in [1.54, 1.807) is 0 Å². The first-order valence-corrected chi connectivity index (χ1v) is 7.14. The van der Waals surface area contributed by atoms with Crippen LogP contribution in [-0.2, 0) is 4.74 Å². The van der Waals surface area contributed by atoms with Crippen molar-refractivity contribution in [1.82, 2.24) is 4.90 Å². The maximum atomic E-state index is 5.70. The van der Waals surface area contributed by atoms with E-state index in [9.17, 15) is 0 Å². The molecule has 18 heavy (non-hydrogen) atoms. The van der Waals surface area contributed by atoms with Gasteiger partial charge in [0.05, 0.1) is 13.2 Å². The van der Waals surface area contributed by atoms with Crippen molar-refractivity contribution >= 4 is 27.3 Å². The first-order chi connectivity index (χ1) is 8.75. The van der Waals surface area contributed by atoms with Crippen LogP contribution in [0.1, 0.15) is 6.42 Å². The Morgan fingerprint density at radius 3 is 2.83 bits per heavy atom. The van der Waals surface area contributed by atoms with Gasteiger partial charge in [-0.1, -0.05) is 0 Å². The van der Waals surface area contributed by atoms with Crippen LogP contribution in [0.2, 0.25) is 0 Å². The summed E-state index contributed by atoms with van der Waals surface area (Å²) in [5, 5.41) is 3.42. The molecule has 0 spiro atoms. The number of halogens is 1. The third-order valence-corrected chi connectivity index (χ3v) is 3.72. The second-order valence-corrected chi connectivity index (χ2v) is 5.33. The van der Waals surface area contributed by atoms with Gasteiger partial charge >= 0.3 is 0 Å². The Bertz CT molecular complexity index is 380. The summed E-state index contributed by atoms with van der Waals surface area (Å²) >= 11 is 3.51. The molecule has 0 saturated carbocycles. The third kappa shape index (κ3) is 4.15. The lowest BCUT2D eigenvalue weighted by molar-refractivity contribution is 0.0378. The highest BCUT2D eigenvalue weighted by atomic mass is 79.9. The number of nitrogens with one attached hydrogen (secondary N) is 1. The molecule has 1 heterocycles. The van der Waals surface area contributed by atoms with E-state index in [4.69, 9.17) is 10.5 Å². The van der Waals surface area contributed by atoms with Gasteiger partial charge in [-0.05, 0) is 47.1 Å². The lowest BCUT2D eigenvalue weighted by Gasteiger charge is -2.26. The molecule has 4 nitrogen and oxygen atoms in total. The average Bonchev–Trinajstić information content (AvgIpc) is 2.38. The Morgan fingerprint density at radius 1 is 1.33 bits per heavy atom. The van der Waals surface area contributed by atoms with E-state index in [0.717, 1.165) is 61.7 Å². The summed E-state index contributed by atoms with van der Waals surface area (Å²) in [6.07, 6.45) is 1.14. The van der Waals surface area contributed by atoms with Crippen molar-refractivity contribution in [1.29, 1.82) is 0 Å². The van der Waals surface area contributed by atoms with Crippen LogP contribution >= 0.6 is 15.9 Å². The van der Waals surface area contributed by atoms with E-state index in [1.165, 1.54) is 0 Å². The average molecular weight is 314 g/mol. The molecule has 1 fully saturated rings. The van der Waals surface area contributed by atoms with E-state index in [1.807, 2.05) is 18.2 Å². The zero-order valence-electron chi connectivity index (χ0n) is 10.5. The van der Waals surface area contributed by atoms with E-state index in [-0.39, 0.29) is 0 Å². The minimum Gasteiger partial charge on any atom is -0.399 e. The van der Waals surface area contributed by atoms with Gasteiger partial charge in [0.25, 0.3) is 0 Å². The van der Waals surface area contributed by atoms with Gasteiger partial charge in [0, 0.05) is 35.5 Å². The summed E-state index contributed by atoms with van der Waals surface area (Å²) in [5.41, 5.74) is 7.58. The highest BCUT2D eigenvalue weighted by molar-refractivity contribution is 9.10. The zero-order chi connectivity index (χ0) is 12.8. The summed E-state index contributed by atoms with van der Waals surface area (Å²) in [5.74, 6) is 0. The van der Waals surface area contributed by atoms with Crippen LogP contribution in [0.5, 0.6) is 0 Å². The smallest absolute Gasteiger partial charge is 0.0594 e. The molecule has 0 bridgehead atoms. The summed E-state index contributed by atoms with van der Waals surface area (Å²) < 4.78 is 6.35. The number of benzene rings is 1. The number of nitrogen functional groups attached to an aromatic ring is 1. The van der Waals surface area contributed by atoms with Crippen LogP contribution in [0.3, 0.4) is 0 Å². The molecule has 1 saturated heterocycles. The molecule has 0 radical (unpaired) electrons. The normalized spacial score (nSPS) is 16.7. The molecular formula is C13H20BrN3O. The molecule has 0 amide bonds. The van der Waals surface area contributed by atoms with E-state index in [2.05, 4.69) is 26.1 Å².